The van der Waals surface area contributed by atoms with Gasteiger partial charge in [-0.1, -0.05) is 21.6 Å². The van der Waals surface area contributed by atoms with Crippen molar-refractivity contribution in [3.63, 3.8) is 0 Å². The second-order valence-corrected chi connectivity index (χ2v) is 8.75. The maximum atomic E-state index is 11.8. The van der Waals surface area contributed by atoms with Gasteiger partial charge in [-0.3, -0.25) is 4.90 Å². The number of nitrogens with zero attached hydrogens (tertiary/aromatic N) is 1. The van der Waals surface area contributed by atoms with Crippen LogP contribution in [0.15, 0.2) is 12.3 Å². The van der Waals surface area contributed by atoms with Crippen molar-refractivity contribution in [1.29, 1.82) is 0 Å². The van der Waals surface area contributed by atoms with E-state index in [0.29, 0.717) is 17.3 Å². The van der Waals surface area contributed by atoms with Gasteiger partial charge in [-0.05, 0) is 6.08 Å². The molecule has 0 bridgehead atoms. The number of aliphatic hydroxyl groups is 1. The summed E-state index contributed by atoms with van der Waals surface area (Å²) in [5, 5.41) is 11.2. The van der Waals surface area contributed by atoms with Gasteiger partial charge in [0.1, 0.15) is 24.9 Å². The Bertz CT molecular complexity index is 484. The average Bonchev–Trinajstić information content (AvgIpc) is 3.05. The number of hydrogen-bond acceptors (Lipinski definition) is 10. The van der Waals surface area contributed by atoms with Gasteiger partial charge in [-0.15, -0.1) is 11.8 Å². The molecule has 4 N–H and O–H groups in total. The summed E-state index contributed by atoms with van der Waals surface area (Å²) in [5.41, 5.74) is 5.23. The maximum absolute atomic E-state index is 11.8. The van der Waals surface area contributed by atoms with Gasteiger partial charge < -0.3 is 30.4 Å². The monoisotopic (exact) mass is 411 g/mol. The molecule has 0 aromatic carbocycles. The second kappa shape index (κ2) is 11.0. The molecule has 1 saturated heterocycles. The molecule has 0 aliphatic carbocycles. The van der Waals surface area contributed by atoms with Gasteiger partial charge in [0.25, 0.3) is 0 Å². The fourth-order valence-electron chi connectivity index (χ4n) is 1.91. The van der Waals surface area contributed by atoms with Crippen LogP contribution in [0.1, 0.15) is 0 Å². The zero-order valence-corrected chi connectivity index (χ0v) is 15.8. The van der Waals surface area contributed by atoms with Crippen LogP contribution in [0.5, 0.6) is 0 Å². The van der Waals surface area contributed by atoms with Crippen LogP contribution in [0, 0.1) is 0 Å². The Morgan fingerprint density at radius 2 is 2.28 bits per heavy atom. The first-order chi connectivity index (χ1) is 12.1. The largest absolute Gasteiger partial charge is 0.508 e. The van der Waals surface area contributed by atoms with Gasteiger partial charge in [0.05, 0.1) is 12.8 Å². The van der Waals surface area contributed by atoms with E-state index < -0.39 is 18.5 Å². The molecule has 12 heteroatoms. The Morgan fingerprint density at radius 3 is 3.04 bits per heavy atom. The number of hydrogen-bond donors (Lipinski definition) is 3. The third kappa shape index (κ3) is 7.15. The molecule has 3 atom stereocenters. The molecule has 2 heterocycles. The van der Waals surface area contributed by atoms with Gasteiger partial charge >= 0.3 is 12.2 Å². The SMILES string of the molecule is NC1C=CN(C2CSC(COC(=O)OCCSSCCO)O2)C(=O)N1. The second-order valence-electron chi connectivity index (χ2n) is 4.85. The number of aliphatic hydroxyl groups excluding tert-OH is 1. The third-order valence-electron chi connectivity index (χ3n) is 3.00. The molecule has 2 amide bonds. The molecule has 9 nitrogen and oxygen atoms in total. The van der Waals surface area contributed by atoms with Crippen LogP contribution in [0.3, 0.4) is 0 Å². The van der Waals surface area contributed by atoms with Crippen molar-refractivity contribution in [2.75, 3.05) is 37.1 Å². The lowest BCUT2D eigenvalue weighted by Crippen LogP contribution is -2.53. The van der Waals surface area contributed by atoms with Gasteiger partial charge in [0.15, 0.2) is 0 Å². The molecule has 0 aromatic heterocycles. The Morgan fingerprint density at radius 1 is 1.48 bits per heavy atom. The van der Waals surface area contributed by atoms with Crippen molar-refractivity contribution in [2.24, 2.45) is 5.73 Å². The van der Waals surface area contributed by atoms with Crippen LogP contribution < -0.4 is 11.1 Å². The van der Waals surface area contributed by atoms with E-state index in [1.165, 1.54) is 38.2 Å². The smallest absolute Gasteiger partial charge is 0.433 e. The first-order valence-corrected chi connectivity index (χ1v) is 11.1. The van der Waals surface area contributed by atoms with E-state index in [0.717, 1.165) is 0 Å². The fourth-order valence-corrected chi connectivity index (χ4v) is 4.50. The Hall–Kier alpha value is -0.790. The van der Waals surface area contributed by atoms with Crippen LogP contribution in [0.4, 0.5) is 9.59 Å². The normalized spacial score (nSPS) is 25.8. The van der Waals surface area contributed by atoms with Gasteiger partial charge in [-0.25, -0.2) is 9.59 Å². The van der Waals surface area contributed by atoms with E-state index in [2.05, 4.69) is 5.32 Å². The number of nitrogens with two attached hydrogens (primary N) is 1. The summed E-state index contributed by atoms with van der Waals surface area (Å²) in [5.74, 6) is 1.83. The highest BCUT2D eigenvalue weighted by molar-refractivity contribution is 8.76. The summed E-state index contributed by atoms with van der Waals surface area (Å²) in [4.78, 5) is 24.8. The number of urea groups is 1. The summed E-state index contributed by atoms with van der Waals surface area (Å²) in [6, 6.07) is -0.321. The average molecular weight is 412 g/mol. The molecular weight excluding hydrogens is 390 g/mol. The summed E-state index contributed by atoms with van der Waals surface area (Å²) in [6.45, 7) is 0.412. The molecule has 3 unspecified atom stereocenters. The lowest BCUT2D eigenvalue weighted by atomic mass is 10.4. The Balaban J connectivity index is 1.59. The highest BCUT2D eigenvalue weighted by Gasteiger charge is 2.34. The molecule has 2 aliphatic rings. The standard InChI is InChI=1S/C13H21N3O6S3/c14-9-1-2-16(12(18)15-9)10-8-23-11(22-10)7-21-13(19)20-4-6-25-24-5-3-17/h1-2,9-11,17H,3-8,14H2,(H,15,18). The summed E-state index contributed by atoms with van der Waals surface area (Å²) in [6.07, 6.45) is 1.58. The zero-order chi connectivity index (χ0) is 18.1. The minimum absolute atomic E-state index is 0.0467. The molecule has 0 radical (unpaired) electrons. The van der Waals surface area contributed by atoms with Crippen molar-refractivity contribution in [1.82, 2.24) is 10.2 Å². The molecule has 25 heavy (non-hydrogen) atoms. The van der Waals surface area contributed by atoms with Crippen LogP contribution in [0.25, 0.3) is 0 Å². The van der Waals surface area contributed by atoms with E-state index in [9.17, 15) is 9.59 Å². The highest BCUT2D eigenvalue weighted by Crippen LogP contribution is 2.28. The number of nitrogens with one attached hydrogen (secondary N) is 1. The molecular formula is C13H21N3O6S3. The van der Waals surface area contributed by atoms with Crippen LogP contribution in [-0.4, -0.2) is 77.1 Å². The highest BCUT2D eigenvalue weighted by atomic mass is 33.1. The van der Waals surface area contributed by atoms with E-state index in [1.54, 1.807) is 12.3 Å². The minimum Gasteiger partial charge on any atom is -0.433 e. The lowest BCUT2D eigenvalue weighted by Gasteiger charge is -2.29. The number of rotatable bonds is 9. The maximum Gasteiger partial charge on any atom is 0.508 e. The van der Waals surface area contributed by atoms with E-state index in [-0.39, 0.29) is 31.3 Å². The van der Waals surface area contributed by atoms with E-state index >= 15 is 0 Å². The van der Waals surface area contributed by atoms with Crippen molar-refractivity contribution < 1.29 is 28.9 Å². The molecule has 2 aliphatic heterocycles. The van der Waals surface area contributed by atoms with Crippen LogP contribution >= 0.6 is 33.3 Å². The number of amides is 2. The van der Waals surface area contributed by atoms with Crippen LogP contribution in [0.2, 0.25) is 0 Å². The fraction of sp³-hybridized carbons (Fsp3) is 0.692. The lowest BCUT2D eigenvalue weighted by molar-refractivity contribution is -0.0339. The van der Waals surface area contributed by atoms with Gasteiger partial charge in [-0.2, -0.15) is 0 Å². The third-order valence-corrected chi connectivity index (χ3v) is 6.45. The first-order valence-electron chi connectivity index (χ1n) is 7.55. The summed E-state index contributed by atoms with van der Waals surface area (Å²) < 4.78 is 15.6. The number of thioether (sulfide) groups is 1. The Kier molecular flexibility index (Phi) is 9.06. The number of ether oxygens (including phenoxy) is 3. The molecule has 1 fully saturated rings. The predicted molar refractivity (Wildman–Crippen MR) is 97.9 cm³/mol. The predicted octanol–water partition coefficient (Wildman–Crippen LogP) is 0.753. The molecule has 0 aromatic rings. The molecule has 142 valence electrons. The zero-order valence-electron chi connectivity index (χ0n) is 13.4. The Labute approximate surface area is 157 Å². The van der Waals surface area contributed by atoms with Crippen molar-refractivity contribution >= 4 is 45.5 Å². The topological polar surface area (TPSA) is 123 Å². The van der Waals surface area contributed by atoms with E-state index in [4.69, 9.17) is 25.1 Å². The van der Waals surface area contributed by atoms with Crippen molar-refractivity contribution in [2.45, 2.75) is 17.8 Å². The van der Waals surface area contributed by atoms with Crippen LogP contribution in [-0.2, 0) is 14.2 Å². The minimum atomic E-state index is -0.748. The molecule has 0 saturated carbocycles. The van der Waals surface area contributed by atoms with Gasteiger partial charge in [0.2, 0.25) is 0 Å². The summed E-state index contributed by atoms with van der Waals surface area (Å²) in [7, 11) is 3.03. The van der Waals surface area contributed by atoms with E-state index in [1.807, 2.05) is 0 Å². The number of carbonyl (C=O) groups is 2. The quantitative estimate of drug-likeness (QED) is 0.284. The molecule has 0 spiro atoms. The first kappa shape index (κ1) is 20.5. The molecule has 2 rings (SSSR count). The van der Waals surface area contributed by atoms with Crippen molar-refractivity contribution in [3.8, 4) is 0 Å². The number of carbonyl (C=O) groups excluding carboxylic acids is 2. The van der Waals surface area contributed by atoms with Gasteiger partial charge in [0, 0.05) is 23.5 Å². The summed E-state index contributed by atoms with van der Waals surface area (Å²) >= 11 is 1.45. The van der Waals surface area contributed by atoms with Crippen molar-refractivity contribution in [3.05, 3.63) is 12.3 Å².